The standard InChI is InChI=1S/C11H15N5O2S/c1-7(16-10(12)14-15-11(16)19-2)9(17)13-6-8-4-3-5-18-8/h3-5,7H,6H2,1-2H3,(H2,12,14)(H,13,17). The van der Waals surface area contributed by atoms with E-state index in [0.29, 0.717) is 17.5 Å². The Morgan fingerprint density at radius 1 is 1.63 bits per heavy atom. The van der Waals surface area contributed by atoms with Crippen molar-refractivity contribution in [3.05, 3.63) is 24.2 Å². The predicted molar refractivity (Wildman–Crippen MR) is 71.5 cm³/mol. The van der Waals surface area contributed by atoms with Gasteiger partial charge in [0.1, 0.15) is 11.8 Å². The first kappa shape index (κ1) is 13.5. The Bertz CT molecular complexity index is 551. The third-order valence-corrected chi connectivity index (χ3v) is 3.30. The lowest BCUT2D eigenvalue weighted by Crippen LogP contribution is -2.31. The summed E-state index contributed by atoms with van der Waals surface area (Å²) in [5.74, 6) is 0.755. The number of hydrogen-bond acceptors (Lipinski definition) is 6. The Kier molecular flexibility index (Phi) is 4.10. The van der Waals surface area contributed by atoms with Gasteiger partial charge in [-0.3, -0.25) is 9.36 Å². The van der Waals surface area contributed by atoms with Crippen LogP contribution in [0.3, 0.4) is 0 Å². The SMILES string of the molecule is CSc1nnc(N)n1C(C)C(=O)NCc1ccco1. The fourth-order valence-corrected chi connectivity index (χ4v) is 2.21. The number of nitrogens with zero attached hydrogens (tertiary/aromatic N) is 3. The molecule has 2 aromatic rings. The molecule has 0 fully saturated rings. The van der Waals surface area contributed by atoms with E-state index in [4.69, 9.17) is 10.2 Å². The molecular formula is C11H15N5O2S. The summed E-state index contributed by atoms with van der Waals surface area (Å²) in [5.41, 5.74) is 5.72. The molecule has 0 bridgehead atoms. The second-order valence-electron chi connectivity index (χ2n) is 3.89. The molecule has 0 aliphatic rings. The Morgan fingerprint density at radius 2 is 2.42 bits per heavy atom. The molecule has 0 aromatic carbocycles. The zero-order chi connectivity index (χ0) is 13.8. The molecule has 0 aliphatic heterocycles. The van der Waals surface area contributed by atoms with Gasteiger partial charge in [-0.2, -0.15) is 0 Å². The van der Waals surface area contributed by atoms with Gasteiger partial charge in [0.05, 0.1) is 12.8 Å². The van der Waals surface area contributed by atoms with Gasteiger partial charge in [-0.1, -0.05) is 11.8 Å². The molecule has 3 N–H and O–H groups in total. The van der Waals surface area contributed by atoms with Crippen molar-refractivity contribution in [2.75, 3.05) is 12.0 Å². The number of carbonyl (C=O) groups excluding carboxylic acids is 1. The topological polar surface area (TPSA) is 99.0 Å². The molecule has 8 heteroatoms. The summed E-state index contributed by atoms with van der Waals surface area (Å²) in [6.07, 6.45) is 3.42. The third kappa shape index (κ3) is 2.90. The van der Waals surface area contributed by atoms with Crippen LogP contribution in [-0.4, -0.2) is 26.9 Å². The molecule has 1 unspecified atom stereocenters. The van der Waals surface area contributed by atoms with Crippen LogP contribution in [0, 0.1) is 0 Å². The number of anilines is 1. The molecule has 0 spiro atoms. The van der Waals surface area contributed by atoms with Gasteiger partial charge < -0.3 is 15.5 Å². The highest BCUT2D eigenvalue weighted by Crippen LogP contribution is 2.20. The minimum atomic E-state index is -0.479. The van der Waals surface area contributed by atoms with Gasteiger partial charge in [-0.15, -0.1) is 10.2 Å². The first-order valence-corrected chi connectivity index (χ1v) is 6.90. The molecular weight excluding hydrogens is 266 g/mol. The summed E-state index contributed by atoms with van der Waals surface area (Å²) < 4.78 is 6.75. The Labute approximate surface area is 114 Å². The van der Waals surface area contributed by atoms with Crippen LogP contribution in [-0.2, 0) is 11.3 Å². The zero-order valence-electron chi connectivity index (χ0n) is 10.7. The highest BCUT2D eigenvalue weighted by molar-refractivity contribution is 7.98. The fraction of sp³-hybridized carbons (Fsp3) is 0.364. The molecule has 102 valence electrons. The summed E-state index contributed by atoms with van der Waals surface area (Å²) in [6.45, 7) is 2.09. The summed E-state index contributed by atoms with van der Waals surface area (Å²) in [7, 11) is 0. The van der Waals surface area contributed by atoms with Crippen LogP contribution in [0.1, 0.15) is 18.7 Å². The van der Waals surface area contributed by atoms with Gasteiger partial charge in [0.2, 0.25) is 11.9 Å². The van der Waals surface area contributed by atoms with Gasteiger partial charge in [0, 0.05) is 0 Å². The van der Waals surface area contributed by atoms with Gasteiger partial charge in [-0.25, -0.2) is 0 Å². The smallest absolute Gasteiger partial charge is 0.243 e. The molecule has 7 nitrogen and oxygen atoms in total. The maximum Gasteiger partial charge on any atom is 0.243 e. The molecule has 0 saturated heterocycles. The highest BCUT2D eigenvalue weighted by atomic mass is 32.2. The molecule has 2 aromatic heterocycles. The van der Waals surface area contributed by atoms with Crippen LogP contribution in [0.2, 0.25) is 0 Å². The largest absolute Gasteiger partial charge is 0.467 e. The number of nitrogens with one attached hydrogen (secondary N) is 1. The first-order chi connectivity index (χ1) is 9.13. The van der Waals surface area contributed by atoms with Crippen LogP contribution in [0.5, 0.6) is 0 Å². The number of nitrogens with two attached hydrogens (primary N) is 1. The van der Waals surface area contributed by atoms with Crippen LogP contribution in [0.4, 0.5) is 5.95 Å². The molecule has 1 amide bonds. The monoisotopic (exact) mass is 281 g/mol. The van der Waals surface area contributed by atoms with Crippen molar-refractivity contribution in [2.24, 2.45) is 0 Å². The number of rotatable bonds is 5. The second-order valence-corrected chi connectivity index (χ2v) is 4.66. The summed E-state index contributed by atoms with van der Waals surface area (Å²) in [6, 6.07) is 3.09. The van der Waals surface area contributed by atoms with Crippen molar-refractivity contribution in [3.8, 4) is 0 Å². The van der Waals surface area contributed by atoms with E-state index < -0.39 is 6.04 Å². The molecule has 2 rings (SSSR count). The number of carbonyl (C=O) groups is 1. The van der Waals surface area contributed by atoms with Crippen LogP contribution < -0.4 is 11.1 Å². The van der Waals surface area contributed by atoms with Gasteiger partial charge in [0.15, 0.2) is 5.16 Å². The van der Waals surface area contributed by atoms with Crippen molar-refractivity contribution in [1.82, 2.24) is 20.1 Å². The minimum absolute atomic E-state index is 0.168. The molecule has 0 radical (unpaired) electrons. The maximum atomic E-state index is 12.1. The second kappa shape index (κ2) is 5.79. The van der Waals surface area contributed by atoms with E-state index >= 15 is 0 Å². The lowest BCUT2D eigenvalue weighted by molar-refractivity contribution is -0.124. The average Bonchev–Trinajstić information content (AvgIpc) is 3.04. The Hall–Kier alpha value is -1.96. The number of thioether (sulfide) groups is 1. The molecule has 0 aliphatic carbocycles. The van der Waals surface area contributed by atoms with Crippen molar-refractivity contribution < 1.29 is 9.21 Å². The zero-order valence-corrected chi connectivity index (χ0v) is 11.5. The van der Waals surface area contributed by atoms with Crippen molar-refractivity contribution >= 4 is 23.6 Å². The van der Waals surface area contributed by atoms with E-state index in [1.54, 1.807) is 29.9 Å². The normalized spacial score (nSPS) is 12.3. The number of aromatic nitrogens is 3. The molecule has 0 saturated carbocycles. The van der Waals surface area contributed by atoms with Gasteiger partial charge in [-0.05, 0) is 25.3 Å². The molecule has 2 heterocycles. The summed E-state index contributed by atoms with van der Waals surface area (Å²) in [4.78, 5) is 12.1. The molecule has 19 heavy (non-hydrogen) atoms. The minimum Gasteiger partial charge on any atom is -0.467 e. The highest BCUT2D eigenvalue weighted by Gasteiger charge is 2.21. The third-order valence-electron chi connectivity index (χ3n) is 2.66. The maximum absolute atomic E-state index is 12.1. The number of amides is 1. The van der Waals surface area contributed by atoms with E-state index in [1.165, 1.54) is 11.8 Å². The van der Waals surface area contributed by atoms with E-state index in [9.17, 15) is 4.79 Å². The average molecular weight is 281 g/mol. The van der Waals surface area contributed by atoms with Crippen molar-refractivity contribution in [2.45, 2.75) is 24.7 Å². The number of nitrogen functional groups attached to an aromatic ring is 1. The van der Waals surface area contributed by atoms with Gasteiger partial charge >= 0.3 is 0 Å². The summed E-state index contributed by atoms with van der Waals surface area (Å²) >= 11 is 1.39. The first-order valence-electron chi connectivity index (χ1n) is 5.68. The molecule has 1 atom stereocenters. The Morgan fingerprint density at radius 3 is 3.05 bits per heavy atom. The quantitative estimate of drug-likeness (QED) is 0.795. The lowest BCUT2D eigenvalue weighted by atomic mass is 10.3. The Balaban J connectivity index is 2.04. The number of hydrogen-bond donors (Lipinski definition) is 2. The number of furan rings is 1. The van der Waals surface area contributed by atoms with Crippen LogP contribution in [0.25, 0.3) is 0 Å². The van der Waals surface area contributed by atoms with Gasteiger partial charge in [0.25, 0.3) is 0 Å². The van der Waals surface area contributed by atoms with Crippen LogP contribution in [0.15, 0.2) is 28.0 Å². The summed E-state index contributed by atoms with van der Waals surface area (Å²) in [5, 5.41) is 11.1. The van der Waals surface area contributed by atoms with E-state index in [1.807, 2.05) is 6.26 Å². The lowest BCUT2D eigenvalue weighted by Gasteiger charge is -2.15. The van der Waals surface area contributed by atoms with Crippen LogP contribution >= 0.6 is 11.8 Å². The predicted octanol–water partition coefficient (Wildman–Crippen LogP) is 1.05. The van der Waals surface area contributed by atoms with E-state index in [-0.39, 0.29) is 11.9 Å². The van der Waals surface area contributed by atoms with Crippen molar-refractivity contribution in [1.29, 1.82) is 0 Å². The van der Waals surface area contributed by atoms with Crippen molar-refractivity contribution in [3.63, 3.8) is 0 Å². The fourth-order valence-electron chi connectivity index (χ4n) is 1.64. The van der Waals surface area contributed by atoms with E-state index in [2.05, 4.69) is 15.5 Å². The van der Waals surface area contributed by atoms with E-state index in [0.717, 1.165) is 0 Å².